The van der Waals surface area contributed by atoms with Crippen LogP contribution < -0.4 is 15.5 Å². The average Bonchev–Trinajstić information content (AvgIpc) is 2.75. The van der Waals surface area contributed by atoms with Crippen LogP contribution in [0.1, 0.15) is 17.5 Å². The van der Waals surface area contributed by atoms with Crippen LogP contribution in [0.25, 0.3) is 0 Å². The van der Waals surface area contributed by atoms with Gasteiger partial charge in [-0.05, 0) is 57.4 Å². The molecule has 0 bridgehead atoms. The summed E-state index contributed by atoms with van der Waals surface area (Å²) < 4.78 is 6.57. The lowest BCUT2D eigenvalue weighted by atomic mass is 10.2. The van der Waals surface area contributed by atoms with E-state index in [1.165, 1.54) is 6.21 Å². The molecule has 0 atom stereocenters. The largest absolute Gasteiger partial charge is 0.488 e. The first-order valence-electron chi connectivity index (χ1n) is 9.34. The number of carbonyl (C=O) groups excluding carboxylic acids is 2. The van der Waals surface area contributed by atoms with E-state index in [0.29, 0.717) is 23.1 Å². The molecule has 0 aliphatic rings. The molecule has 0 spiro atoms. The molecule has 0 aromatic heterocycles. The third-order valence-corrected chi connectivity index (χ3v) is 5.01. The van der Waals surface area contributed by atoms with Crippen LogP contribution in [0.3, 0.4) is 0 Å². The van der Waals surface area contributed by atoms with E-state index in [1.807, 2.05) is 48.5 Å². The second-order valence-electron chi connectivity index (χ2n) is 6.46. The predicted molar refractivity (Wildman–Crippen MR) is 125 cm³/mol. The number of nitrogens with zero attached hydrogens (tertiary/aromatic N) is 1. The average molecular weight is 501 g/mol. The second kappa shape index (κ2) is 11.3. The zero-order valence-electron chi connectivity index (χ0n) is 16.3. The maximum Gasteiger partial charge on any atom is 0.249 e. The van der Waals surface area contributed by atoms with Gasteiger partial charge in [-0.15, -0.1) is 0 Å². The zero-order chi connectivity index (χ0) is 22.1. The van der Waals surface area contributed by atoms with Gasteiger partial charge in [-0.25, -0.2) is 5.43 Å². The van der Waals surface area contributed by atoms with Crippen molar-refractivity contribution in [1.82, 2.24) is 5.43 Å². The molecule has 3 aromatic rings. The van der Waals surface area contributed by atoms with Gasteiger partial charge < -0.3 is 10.1 Å². The zero-order valence-corrected chi connectivity index (χ0v) is 18.7. The van der Waals surface area contributed by atoms with Crippen molar-refractivity contribution in [3.63, 3.8) is 0 Å². The molecule has 2 amide bonds. The van der Waals surface area contributed by atoms with E-state index in [-0.39, 0.29) is 6.42 Å². The van der Waals surface area contributed by atoms with Gasteiger partial charge in [0.15, 0.2) is 0 Å². The van der Waals surface area contributed by atoms with Crippen molar-refractivity contribution >= 4 is 51.2 Å². The Morgan fingerprint density at radius 1 is 1.00 bits per heavy atom. The van der Waals surface area contributed by atoms with E-state index >= 15 is 0 Å². The second-order valence-corrected chi connectivity index (χ2v) is 7.72. The van der Waals surface area contributed by atoms with E-state index in [9.17, 15) is 9.59 Å². The standard InChI is InChI=1S/C23H19BrClN3O3/c24-18-12-17(10-11-21(18)31-15-16-6-2-1-3-7-16)14-26-28-23(30)13-22(29)27-20-9-5-4-8-19(20)25/h1-12,14H,13,15H2,(H,27,29)(H,28,30). The van der Waals surface area contributed by atoms with Crippen molar-refractivity contribution in [2.45, 2.75) is 13.0 Å². The van der Waals surface area contributed by atoms with Gasteiger partial charge in [-0.1, -0.05) is 54.1 Å². The van der Waals surface area contributed by atoms with Gasteiger partial charge in [0.1, 0.15) is 18.8 Å². The van der Waals surface area contributed by atoms with Crippen LogP contribution in [0, 0.1) is 0 Å². The number of rotatable bonds is 8. The molecule has 0 unspecified atom stereocenters. The van der Waals surface area contributed by atoms with Gasteiger partial charge in [-0.3, -0.25) is 9.59 Å². The van der Waals surface area contributed by atoms with Crippen LogP contribution in [0.5, 0.6) is 5.75 Å². The Hall–Kier alpha value is -3.16. The molecule has 158 valence electrons. The highest BCUT2D eigenvalue weighted by molar-refractivity contribution is 9.10. The Kier molecular flexibility index (Phi) is 8.20. The van der Waals surface area contributed by atoms with E-state index in [0.717, 1.165) is 15.6 Å². The smallest absolute Gasteiger partial charge is 0.249 e. The van der Waals surface area contributed by atoms with Crippen molar-refractivity contribution in [3.05, 3.63) is 93.4 Å². The van der Waals surface area contributed by atoms with Crippen LogP contribution in [0.15, 0.2) is 82.4 Å². The van der Waals surface area contributed by atoms with Crippen LogP contribution >= 0.6 is 27.5 Å². The first-order valence-corrected chi connectivity index (χ1v) is 10.5. The van der Waals surface area contributed by atoms with Crippen LogP contribution in [-0.2, 0) is 16.2 Å². The molecule has 0 saturated carbocycles. The molecular formula is C23H19BrClN3O3. The Labute approximate surface area is 193 Å². The van der Waals surface area contributed by atoms with Crippen molar-refractivity contribution in [1.29, 1.82) is 0 Å². The first kappa shape index (κ1) is 22.5. The summed E-state index contributed by atoms with van der Waals surface area (Å²) in [4.78, 5) is 23.9. The molecule has 0 saturated heterocycles. The number of hydrogen-bond acceptors (Lipinski definition) is 4. The highest BCUT2D eigenvalue weighted by atomic mass is 79.9. The van der Waals surface area contributed by atoms with Crippen molar-refractivity contribution in [2.24, 2.45) is 5.10 Å². The molecule has 8 heteroatoms. The fraction of sp³-hybridized carbons (Fsp3) is 0.0870. The number of benzene rings is 3. The van der Waals surface area contributed by atoms with Crippen molar-refractivity contribution in [3.8, 4) is 5.75 Å². The topological polar surface area (TPSA) is 79.8 Å². The number of para-hydroxylation sites is 1. The summed E-state index contributed by atoms with van der Waals surface area (Å²) >= 11 is 9.45. The predicted octanol–water partition coefficient (Wildman–Crippen LogP) is 5.16. The molecular weight excluding hydrogens is 482 g/mol. The number of ether oxygens (including phenoxy) is 1. The highest BCUT2D eigenvalue weighted by Gasteiger charge is 2.10. The summed E-state index contributed by atoms with van der Waals surface area (Å²) in [6.07, 6.45) is 1.11. The Bertz CT molecular complexity index is 1090. The minimum Gasteiger partial charge on any atom is -0.488 e. The number of amides is 2. The molecule has 3 aromatic carbocycles. The molecule has 0 fully saturated rings. The number of nitrogens with one attached hydrogen (secondary N) is 2. The number of hydrogen-bond donors (Lipinski definition) is 2. The van der Waals surface area contributed by atoms with Gasteiger partial charge in [0.05, 0.1) is 21.4 Å². The number of halogens is 2. The lowest BCUT2D eigenvalue weighted by molar-refractivity contribution is -0.126. The summed E-state index contributed by atoms with van der Waals surface area (Å²) in [5, 5.41) is 6.87. The summed E-state index contributed by atoms with van der Waals surface area (Å²) in [7, 11) is 0. The SMILES string of the molecule is O=C(CC(=O)Nc1ccccc1Cl)NN=Cc1ccc(OCc2ccccc2)c(Br)c1. The quantitative estimate of drug-likeness (QED) is 0.255. The highest BCUT2D eigenvalue weighted by Crippen LogP contribution is 2.26. The summed E-state index contributed by atoms with van der Waals surface area (Å²) in [5.41, 5.74) is 4.60. The lowest BCUT2D eigenvalue weighted by Gasteiger charge is -2.09. The van der Waals surface area contributed by atoms with Crippen molar-refractivity contribution < 1.29 is 14.3 Å². The Balaban J connectivity index is 1.47. The first-order chi connectivity index (χ1) is 15.0. The summed E-state index contributed by atoms with van der Waals surface area (Å²) in [6, 6.07) is 22.1. The molecule has 6 nitrogen and oxygen atoms in total. The summed E-state index contributed by atoms with van der Waals surface area (Å²) in [6.45, 7) is 0.458. The van der Waals surface area contributed by atoms with Gasteiger partial charge in [0.25, 0.3) is 0 Å². The van der Waals surface area contributed by atoms with Crippen LogP contribution in [0.2, 0.25) is 5.02 Å². The van der Waals surface area contributed by atoms with E-state index < -0.39 is 11.8 Å². The maximum absolute atomic E-state index is 12.0. The summed E-state index contributed by atoms with van der Waals surface area (Å²) in [5.74, 6) is -0.326. The normalized spacial score (nSPS) is 10.6. The molecule has 0 aliphatic heterocycles. The third kappa shape index (κ3) is 7.24. The fourth-order valence-corrected chi connectivity index (χ4v) is 3.26. The minimum absolute atomic E-state index is 0.376. The molecule has 2 N–H and O–H groups in total. The fourth-order valence-electron chi connectivity index (χ4n) is 2.57. The van der Waals surface area contributed by atoms with E-state index in [1.54, 1.807) is 24.3 Å². The number of carbonyl (C=O) groups is 2. The van der Waals surface area contributed by atoms with Gasteiger partial charge >= 0.3 is 0 Å². The molecule has 0 heterocycles. The van der Waals surface area contributed by atoms with E-state index in [2.05, 4.69) is 31.8 Å². The Morgan fingerprint density at radius 3 is 2.48 bits per heavy atom. The Morgan fingerprint density at radius 2 is 1.74 bits per heavy atom. The molecule has 3 rings (SSSR count). The van der Waals surface area contributed by atoms with Crippen LogP contribution in [0.4, 0.5) is 5.69 Å². The van der Waals surface area contributed by atoms with Gasteiger partial charge in [0, 0.05) is 0 Å². The van der Waals surface area contributed by atoms with Gasteiger partial charge in [-0.2, -0.15) is 5.10 Å². The molecule has 0 aliphatic carbocycles. The maximum atomic E-state index is 12.0. The minimum atomic E-state index is -0.539. The monoisotopic (exact) mass is 499 g/mol. The van der Waals surface area contributed by atoms with Crippen LogP contribution in [-0.4, -0.2) is 18.0 Å². The van der Waals surface area contributed by atoms with Crippen molar-refractivity contribution in [2.75, 3.05) is 5.32 Å². The number of anilines is 1. The van der Waals surface area contributed by atoms with E-state index in [4.69, 9.17) is 16.3 Å². The molecule has 0 radical (unpaired) electrons. The number of hydrazone groups is 1. The molecule has 31 heavy (non-hydrogen) atoms. The lowest BCUT2D eigenvalue weighted by Crippen LogP contribution is -2.24. The van der Waals surface area contributed by atoms with Gasteiger partial charge in [0.2, 0.25) is 11.8 Å². The third-order valence-electron chi connectivity index (χ3n) is 4.07.